The minimum atomic E-state index is -0.104. The monoisotopic (exact) mass is 231 g/mol. The Labute approximate surface area is 93.9 Å². The van der Waals surface area contributed by atoms with Gasteiger partial charge in [-0.3, -0.25) is 4.99 Å². The molecular formula is C10H17NOS2. The van der Waals surface area contributed by atoms with Crippen LogP contribution in [0.4, 0.5) is 0 Å². The number of hydrogen-bond acceptors (Lipinski definition) is 4. The van der Waals surface area contributed by atoms with Crippen LogP contribution < -0.4 is 0 Å². The highest BCUT2D eigenvalue weighted by Crippen LogP contribution is 2.35. The summed E-state index contributed by atoms with van der Waals surface area (Å²) in [6.07, 6.45) is 4.48. The van der Waals surface area contributed by atoms with Gasteiger partial charge in [0.15, 0.2) is 0 Å². The van der Waals surface area contributed by atoms with Crippen LogP contribution in [0.2, 0.25) is 0 Å². The largest absolute Gasteiger partial charge is 0.392 e. The van der Waals surface area contributed by atoms with E-state index in [1.54, 1.807) is 11.8 Å². The molecule has 1 aliphatic carbocycles. The molecule has 14 heavy (non-hydrogen) atoms. The fourth-order valence-corrected chi connectivity index (χ4v) is 4.49. The maximum Gasteiger partial charge on any atom is 0.125 e. The lowest BCUT2D eigenvalue weighted by atomic mass is 9.97. The van der Waals surface area contributed by atoms with Crippen molar-refractivity contribution in [2.45, 2.75) is 50.0 Å². The molecule has 3 atom stereocenters. The van der Waals surface area contributed by atoms with Crippen LogP contribution in [0.3, 0.4) is 0 Å². The summed E-state index contributed by atoms with van der Waals surface area (Å²) in [5, 5.41) is 10.2. The average Bonchev–Trinajstić information content (AvgIpc) is 2.56. The van der Waals surface area contributed by atoms with E-state index in [-0.39, 0.29) is 6.10 Å². The topological polar surface area (TPSA) is 32.6 Å². The molecule has 1 N–H and O–H groups in total. The SMILES string of the molecule is CC1CSC(SC2CCCCC2O)=N1. The number of hydrogen-bond donors (Lipinski definition) is 1. The van der Waals surface area contributed by atoms with Crippen LogP contribution in [0.1, 0.15) is 32.6 Å². The van der Waals surface area contributed by atoms with Crippen molar-refractivity contribution in [2.24, 2.45) is 4.99 Å². The Morgan fingerprint density at radius 3 is 2.86 bits per heavy atom. The van der Waals surface area contributed by atoms with Crippen molar-refractivity contribution >= 4 is 27.9 Å². The summed E-state index contributed by atoms with van der Waals surface area (Å²) >= 11 is 3.65. The van der Waals surface area contributed by atoms with E-state index in [1.165, 1.54) is 17.2 Å². The van der Waals surface area contributed by atoms with Crippen molar-refractivity contribution in [3.63, 3.8) is 0 Å². The molecular weight excluding hydrogens is 214 g/mol. The third-order valence-corrected chi connectivity index (χ3v) is 5.50. The minimum Gasteiger partial charge on any atom is -0.392 e. The molecule has 0 aromatic heterocycles. The molecule has 0 aromatic carbocycles. The second kappa shape index (κ2) is 4.90. The van der Waals surface area contributed by atoms with Crippen LogP contribution in [0.5, 0.6) is 0 Å². The van der Waals surface area contributed by atoms with Gasteiger partial charge in [0, 0.05) is 11.0 Å². The van der Waals surface area contributed by atoms with Crippen molar-refractivity contribution in [1.82, 2.24) is 0 Å². The lowest BCUT2D eigenvalue weighted by Gasteiger charge is -2.26. The number of aliphatic imine (C=N–C) groups is 1. The molecule has 2 nitrogen and oxygen atoms in total. The highest BCUT2D eigenvalue weighted by Gasteiger charge is 2.27. The van der Waals surface area contributed by atoms with Gasteiger partial charge in [0.1, 0.15) is 4.38 Å². The Morgan fingerprint density at radius 1 is 1.43 bits per heavy atom. The molecule has 2 rings (SSSR count). The van der Waals surface area contributed by atoms with E-state index < -0.39 is 0 Å². The predicted octanol–water partition coefficient (Wildman–Crippen LogP) is 2.51. The normalized spacial score (nSPS) is 38.4. The number of aliphatic hydroxyl groups excluding tert-OH is 1. The molecule has 1 saturated carbocycles. The molecule has 1 aliphatic heterocycles. The number of nitrogens with zero attached hydrogens (tertiary/aromatic N) is 1. The van der Waals surface area contributed by atoms with Crippen molar-refractivity contribution in [3.8, 4) is 0 Å². The Hall–Kier alpha value is 0.330. The van der Waals surface area contributed by atoms with Gasteiger partial charge in [-0.2, -0.15) is 0 Å². The fourth-order valence-electron chi connectivity index (χ4n) is 1.86. The summed E-state index contributed by atoms with van der Waals surface area (Å²) in [6.45, 7) is 2.15. The maximum absolute atomic E-state index is 9.81. The molecule has 0 bridgehead atoms. The van der Waals surface area contributed by atoms with Crippen LogP contribution in [0, 0.1) is 0 Å². The van der Waals surface area contributed by atoms with Crippen molar-refractivity contribution in [3.05, 3.63) is 0 Å². The maximum atomic E-state index is 9.81. The van der Waals surface area contributed by atoms with Gasteiger partial charge in [-0.05, 0) is 19.8 Å². The van der Waals surface area contributed by atoms with Gasteiger partial charge in [0.2, 0.25) is 0 Å². The third kappa shape index (κ3) is 2.67. The first-order valence-corrected chi connectivity index (χ1v) is 7.17. The average molecular weight is 231 g/mol. The first-order valence-electron chi connectivity index (χ1n) is 5.31. The first-order chi connectivity index (χ1) is 6.75. The highest BCUT2D eigenvalue weighted by molar-refractivity contribution is 8.39. The van der Waals surface area contributed by atoms with Gasteiger partial charge < -0.3 is 5.11 Å². The van der Waals surface area contributed by atoms with Crippen LogP contribution >= 0.6 is 23.5 Å². The van der Waals surface area contributed by atoms with Gasteiger partial charge >= 0.3 is 0 Å². The molecule has 0 aromatic rings. The lowest BCUT2D eigenvalue weighted by molar-refractivity contribution is 0.137. The quantitative estimate of drug-likeness (QED) is 0.752. The Bertz CT molecular complexity index is 232. The zero-order chi connectivity index (χ0) is 9.97. The molecule has 0 radical (unpaired) electrons. The summed E-state index contributed by atoms with van der Waals surface area (Å²) < 4.78 is 1.20. The van der Waals surface area contributed by atoms with E-state index in [1.807, 2.05) is 11.8 Å². The van der Waals surface area contributed by atoms with Gasteiger partial charge in [-0.25, -0.2) is 0 Å². The summed E-state index contributed by atoms with van der Waals surface area (Å²) in [6, 6.07) is 0.475. The van der Waals surface area contributed by atoms with Gasteiger partial charge in [0.25, 0.3) is 0 Å². The van der Waals surface area contributed by atoms with Crippen LogP contribution in [-0.4, -0.2) is 32.6 Å². The molecule has 80 valence electrons. The molecule has 0 spiro atoms. The van der Waals surface area contributed by atoms with Gasteiger partial charge in [-0.1, -0.05) is 36.4 Å². The standard InChI is InChI=1S/C10H17NOS2/c1-7-6-13-10(11-7)14-9-5-3-2-4-8(9)12/h7-9,12H,2-6H2,1H3. The molecule has 0 saturated heterocycles. The van der Waals surface area contributed by atoms with Crippen molar-refractivity contribution in [2.75, 3.05) is 5.75 Å². The third-order valence-electron chi connectivity index (χ3n) is 2.69. The fraction of sp³-hybridized carbons (Fsp3) is 0.900. The summed E-state index contributed by atoms with van der Waals surface area (Å²) in [4.78, 5) is 4.55. The Kier molecular flexibility index (Phi) is 3.79. The number of thioether (sulfide) groups is 2. The Balaban J connectivity index is 1.86. The minimum absolute atomic E-state index is 0.104. The summed E-state index contributed by atoms with van der Waals surface area (Å²) in [5.74, 6) is 1.12. The van der Waals surface area contributed by atoms with Crippen LogP contribution in [0.15, 0.2) is 4.99 Å². The Morgan fingerprint density at radius 2 is 2.21 bits per heavy atom. The zero-order valence-corrected chi connectivity index (χ0v) is 10.1. The zero-order valence-electron chi connectivity index (χ0n) is 8.48. The first kappa shape index (κ1) is 10.8. The molecule has 1 heterocycles. The molecule has 0 amide bonds. The van der Waals surface area contributed by atoms with E-state index >= 15 is 0 Å². The van der Waals surface area contributed by atoms with E-state index in [0.717, 1.165) is 18.6 Å². The van der Waals surface area contributed by atoms with Gasteiger partial charge in [-0.15, -0.1) is 0 Å². The summed E-state index contributed by atoms with van der Waals surface area (Å²) in [5.41, 5.74) is 0. The predicted molar refractivity (Wildman–Crippen MR) is 65.2 cm³/mol. The van der Waals surface area contributed by atoms with Gasteiger partial charge in [0.05, 0.1) is 12.1 Å². The van der Waals surface area contributed by atoms with E-state index in [9.17, 15) is 5.11 Å². The van der Waals surface area contributed by atoms with E-state index in [0.29, 0.717) is 11.3 Å². The van der Waals surface area contributed by atoms with Crippen LogP contribution in [-0.2, 0) is 0 Å². The van der Waals surface area contributed by atoms with E-state index in [2.05, 4.69) is 11.9 Å². The molecule has 2 aliphatic rings. The lowest BCUT2D eigenvalue weighted by Crippen LogP contribution is -2.27. The molecule has 1 fully saturated rings. The van der Waals surface area contributed by atoms with Crippen molar-refractivity contribution in [1.29, 1.82) is 0 Å². The smallest absolute Gasteiger partial charge is 0.125 e. The summed E-state index contributed by atoms with van der Waals surface area (Å²) in [7, 11) is 0. The van der Waals surface area contributed by atoms with Crippen LogP contribution in [0.25, 0.3) is 0 Å². The van der Waals surface area contributed by atoms with E-state index in [4.69, 9.17) is 0 Å². The number of rotatable bonds is 1. The van der Waals surface area contributed by atoms with Crippen molar-refractivity contribution < 1.29 is 5.11 Å². The number of aliphatic hydroxyl groups is 1. The second-order valence-electron chi connectivity index (χ2n) is 4.06. The highest BCUT2D eigenvalue weighted by atomic mass is 32.2. The second-order valence-corrected chi connectivity index (χ2v) is 6.56. The molecule has 4 heteroatoms. The molecule has 3 unspecified atom stereocenters.